The van der Waals surface area contributed by atoms with Crippen molar-refractivity contribution in [3.63, 3.8) is 0 Å². The Kier molecular flexibility index (Phi) is 1.49. The smallest absolute Gasteiger partial charge is 0.323 e. The summed E-state index contributed by atoms with van der Waals surface area (Å²) < 4.78 is 0. The summed E-state index contributed by atoms with van der Waals surface area (Å²) in [4.78, 5) is 10.9. The van der Waals surface area contributed by atoms with Crippen LogP contribution in [0.3, 0.4) is 0 Å². The normalized spacial score (nSPS) is 38.1. The number of aliphatic carboxylic acids is 1. The third-order valence-electron chi connectivity index (χ3n) is 3.33. The molecule has 2 N–H and O–H groups in total. The highest BCUT2D eigenvalue weighted by molar-refractivity contribution is 5.78. The van der Waals surface area contributed by atoms with Crippen molar-refractivity contribution < 1.29 is 9.90 Å². The molecule has 1 unspecified atom stereocenters. The third-order valence-corrected chi connectivity index (χ3v) is 3.33. The predicted molar refractivity (Wildman–Crippen MR) is 44.9 cm³/mol. The molecular formula is C9H15NO2. The SMILES string of the molecule is CC1(C(=O)O)CC2(CCN1)CC2. The molecule has 2 rings (SSSR count). The summed E-state index contributed by atoms with van der Waals surface area (Å²) in [7, 11) is 0. The maximum atomic E-state index is 10.9. The third kappa shape index (κ3) is 1.12. The standard InChI is InChI=1S/C9H15NO2/c1-8(7(11)12)6-9(2-3-9)4-5-10-8/h10H,2-6H2,1H3,(H,11,12). The monoisotopic (exact) mass is 169 g/mol. The second kappa shape index (κ2) is 2.22. The molecule has 0 aromatic heterocycles. The molecule has 1 atom stereocenters. The van der Waals surface area contributed by atoms with Crippen LogP contribution in [0.25, 0.3) is 0 Å². The summed E-state index contributed by atoms with van der Waals surface area (Å²) in [5, 5.41) is 12.1. The van der Waals surface area contributed by atoms with E-state index in [2.05, 4.69) is 5.32 Å². The maximum Gasteiger partial charge on any atom is 0.323 e. The minimum absolute atomic E-state index is 0.401. The Balaban J connectivity index is 2.12. The Bertz CT molecular complexity index is 223. The summed E-state index contributed by atoms with van der Waals surface area (Å²) in [5.41, 5.74) is -0.257. The van der Waals surface area contributed by atoms with E-state index >= 15 is 0 Å². The molecule has 0 aromatic rings. The van der Waals surface area contributed by atoms with Gasteiger partial charge < -0.3 is 10.4 Å². The highest BCUT2D eigenvalue weighted by Crippen LogP contribution is 2.55. The molecule has 1 aliphatic heterocycles. The predicted octanol–water partition coefficient (Wildman–Crippen LogP) is 0.993. The molecule has 3 heteroatoms. The fourth-order valence-corrected chi connectivity index (χ4v) is 2.26. The minimum Gasteiger partial charge on any atom is -0.480 e. The minimum atomic E-state index is -0.700. The molecule has 1 saturated carbocycles. The maximum absolute atomic E-state index is 10.9. The van der Waals surface area contributed by atoms with E-state index in [0.29, 0.717) is 5.41 Å². The molecule has 68 valence electrons. The lowest BCUT2D eigenvalue weighted by molar-refractivity contribution is -0.146. The second-order valence-electron chi connectivity index (χ2n) is 4.49. The number of carbonyl (C=O) groups is 1. The van der Waals surface area contributed by atoms with Crippen LogP contribution in [0, 0.1) is 5.41 Å². The number of piperidine rings is 1. The zero-order chi connectivity index (χ0) is 8.82. The van der Waals surface area contributed by atoms with Crippen molar-refractivity contribution in [3.8, 4) is 0 Å². The topological polar surface area (TPSA) is 49.3 Å². The molecule has 3 nitrogen and oxygen atoms in total. The zero-order valence-electron chi connectivity index (χ0n) is 7.39. The van der Waals surface area contributed by atoms with Crippen molar-refractivity contribution in [2.45, 2.75) is 38.1 Å². The van der Waals surface area contributed by atoms with E-state index in [1.807, 2.05) is 0 Å². The van der Waals surface area contributed by atoms with Gasteiger partial charge in [-0.15, -0.1) is 0 Å². The Labute approximate surface area is 72.2 Å². The summed E-state index contributed by atoms with van der Waals surface area (Å²) in [6, 6.07) is 0. The van der Waals surface area contributed by atoms with Gasteiger partial charge in [-0.25, -0.2) is 0 Å². The van der Waals surface area contributed by atoms with E-state index in [-0.39, 0.29) is 0 Å². The Hall–Kier alpha value is -0.570. The van der Waals surface area contributed by atoms with Crippen LogP contribution >= 0.6 is 0 Å². The highest BCUT2D eigenvalue weighted by atomic mass is 16.4. The number of hydrogen-bond donors (Lipinski definition) is 2. The number of hydrogen-bond acceptors (Lipinski definition) is 2. The first kappa shape index (κ1) is 8.05. The summed E-state index contributed by atoms with van der Waals surface area (Å²) in [6.45, 7) is 2.66. The number of carboxylic acid groups (broad SMARTS) is 1. The summed E-state index contributed by atoms with van der Waals surface area (Å²) in [6.07, 6.45) is 4.44. The molecule has 1 aliphatic carbocycles. The molecule has 0 amide bonds. The van der Waals surface area contributed by atoms with Crippen molar-refractivity contribution in [1.29, 1.82) is 0 Å². The number of rotatable bonds is 1. The van der Waals surface area contributed by atoms with Gasteiger partial charge >= 0.3 is 5.97 Å². The highest BCUT2D eigenvalue weighted by Gasteiger charge is 2.52. The molecule has 12 heavy (non-hydrogen) atoms. The lowest BCUT2D eigenvalue weighted by atomic mass is 9.81. The van der Waals surface area contributed by atoms with Gasteiger partial charge in [0.05, 0.1) is 0 Å². The first-order valence-electron chi connectivity index (χ1n) is 4.55. The van der Waals surface area contributed by atoms with E-state index in [0.717, 1.165) is 19.4 Å². The molecule has 0 aromatic carbocycles. The molecule has 1 spiro atoms. The van der Waals surface area contributed by atoms with Crippen molar-refractivity contribution in [1.82, 2.24) is 5.32 Å². The van der Waals surface area contributed by atoms with Gasteiger partial charge in [-0.3, -0.25) is 4.79 Å². The number of nitrogens with one attached hydrogen (secondary N) is 1. The molecule has 0 radical (unpaired) electrons. The first-order valence-corrected chi connectivity index (χ1v) is 4.55. The lowest BCUT2D eigenvalue weighted by Gasteiger charge is -2.36. The van der Waals surface area contributed by atoms with Gasteiger partial charge in [-0.2, -0.15) is 0 Å². The molecule has 2 aliphatic rings. The first-order chi connectivity index (χ1) is 5.56. The van der Waals surface area contributed by atoms with Crippen LogP contribution in [0.5, 0.6) is 0 Å². The molecule has 2 fully saturated rings. The average Bonchev–Trinajstić information content (AvgIpc) is 2.68. The van der Waals surface area contributed by atoms with Gasteiger partial charge in [-0.1, -0.05) is 0 Å². The van der Waals surface area contributed by atoms with E-state index in [1.165, 1.54) is 12.8 Å². The van der Waals surface area contributed by atoms with Gasteiger partial charge in [0.1, 0.15) is 5.54 Å². The van der Waals surface area contributed by atoms with Gasteiger partial charge in [0, 0.05) is 0 Å². The van der Waals surface area contributed by atoms with Crippen LogP contribution in [-0.2, 0) is 4.79 Å². The van der Waals surface area contributed by atoms with Crippen LogP contribution < -0.4 is 5.32 Å². The van der Waals surface area contributed by atoms with E-state index < -0.39 is 11.5 Å². The van der Waals surface area contributed by atoms with E-state index in [4.69, 9.17) is 5.11 Å². The van der Waals surface area contributed by atoms with Crippen molar-refractivity contribution in [2.75, 3.05) is 6.54 Å². The average molecular weight is 169 g/mol. The Morgan fingerprint density at radius 2 is 2.08 bits per heavy atom. The van der Waals surface area contributed by atoms with Crippen LogP contribution in [0.1, 0.15) is 32.6 Å². The lowest BCUT2D eigenvalue weighted by Crippen LogP contribution is -2.54. The van der Waals surface area contributed by atoms with Crippen molar-refractivity contribution in [2.24, 2.45) is 5.41 Å². The van der Waals surface area contributed by atoms with E-state index in [9.17, 15) is 4.79 Å². The zero-order valence-corrected chi connectivity index (χ0v) is 7.39. The second-order valence-corrected chi connectivity index (χ2v) is 4.49. The van der Waals surface area contributed by atoms with Gasteiger partial charge in [-0.05, 0) is 44.6 Å². The van der Waals surface area contributed by atoms with Crippen molar-refractivity contribution >= 4 is 5.97 Å². The number of carboxylic acids is 1. The van der Waals surface area contributed by atoms with Gasteiger partial charge in [0.2, 0.25) is 0 Å². The van der Waals surface area contributed by atoms with E-state index in [1.54, 1.807) is 6.92 Å². The van der Waals surface area contributed by atoms with Crippen LogP contribution in [0.4, 0.5) is 0 Å². The van der Waals surface area contributed by atoms with Crippen LogP contribution in [0.2, 0.25) is 0 Å². The molecular weight excluding hydrogens is 154 g/mol. The quantitative estimate of drug-likeness (QED) is 0.615. The molecule has 0 bridgehead atoms. The summed E-state index contributed by atoms with van der Waals surface area (Å²) in [5.74, 6) is -0.700. The van der Waals surface area contributed by atoms with Crippen LogP contribution in [-0.4, -0.2) is 23.2 Å². The fourth-order valence-electron chi connectivity index (χ4n) is 2.26. The molecule has 1 heterocycles. The van der Waals surface area contributed by atoms with Crippen molar-refractivity contribution in [3.05, 3.63) is 0 Å². The van der Waals surface area contributed by atoms with Gasteiger partial charge in [0.25, 0.3) is 0 Å². The van der Waals surface area contributed by atoms with Gasteiger partial charge in [0.15, 0.2) is 0 Å². The largest absolute Gasteiger partial charge is 0.480 e. The summed E-state index contributed by atoms with van der Waals surface area (Å²) >= 11 is 0. The molecule has 1 saturated heterocycles. The Morgan fingerprint density at radius 3 is 2.58 bits per heavy atom. The Morgan fingerprint density at radius 1 is 1.42 bits per heavy atom. The fraction of sp³-hybridized carbons (Fsp3) is 0.889. The van der Waals surface area contributed by atoms with Crippen LogP contribution in [0.15, 0.2) is 0 Å².